The molecule has 250 valence electrons. The van der Waals surface area contributed by atoms with Crippen LogP contribution in [0.2, 0.25) is 0 Å². The highest BCUT2D eigenvalue weighted by molar-refractivity contribution is 7.90. The summed E-state index contributed by atoms with van der Waals surface area (Å²) in [4.78, 5) is 7.40. The van der Waals surface area contributed by atoms with Gasteiger partial charge >= 0.3 is 0 Å². The second kappa shape index (κ2) is 13.8. The zero-order chi connectivity index (χ0) is 32.5. The first kappa shape index (κ1) is 33.2. The average molecular weight is 650 g/mol. The number of sulfonamides is 1. The van der Waals surface area contributed by atoms with Crippen molar-refractivity contribution in [3.05, 3.63) is 71.3 Å². The molecule has 5 unspecified atom stereocenters. The van der Waals surface area contributed by atoms with Crippen molar-refractivity contribution in [3.63, 3.8) is 0 Å². The minimum atomic E-state index is -3.60. The molecule has 6 atom stereocenters. The third-order valence-electron chi connectivity index (χ3n) is 9.92. The van der Waals surface area contributed by atoms with Crippen LogP contribution in [0.25, 0.3) is 11.1 Å². The molecule has 46 heavy (non-hydrogen) atoms. The zero-order valence-corrected chi connectivity index (χ0v) is 28.7. The van der Waals surface area contributed by atoms with E-state index in [9.17, 15) is 8.42 Å². The van der Waals surface area contributed by atoms with Gasteiger partial charge in [-0.25, -0.2) is 8.42 Å². The van der Waals surface area contributed by atoms with Gasteiger partial charge in [-0.15, -0.1) is 0 Å². The minimum absolute atomic E-state index is 0.0582. The molecule has 0 spiro atoms. The van der Waals surface area contributed by atoms with E-state index in [1.54, 1.807) is 0 Å². The van der Waals surface area contributed by atoms with Crippen LogP contribution >= 0.6 is 0 Å². The van der Waals surface area contributed by atoms with Crippen LogP contribution in [-0.2, 0) is 21.3 Å². The number of aromatic amines is 1. The highest BCUT2D eigenvalue weighted by Gasteiger charge is 2.39. The molecule has 4 bridgehead atoms. The van der Waals surface area contributed by atoms with Crippen molar-refractivity contribution >= 4 is 10.0 Å². The number of aryl methyl sites for hydroxylation is 2. The predicted octanol–water partition coefficient (Wildman–Crippen LogP) is 5.14. The van der Waals surface area contributed by atoms with Gasteiger partial charge < -0.3 is 4.74 Å². The van der Waals surface area contributed by atoms with Crippen LogP contribution in [0.15, 0.2) is 48.9 Å². The first-order valence-electron chi connectivity index (χ1n) is 16.8. The Morgan fingerprint density at radius 3 is 2.59 bits per heavy atom. The van der Waals surface area contributed by atoms with Crippen molar-refractivity contribution in [1.82, 2.24) is 35.4 Å². The van der Waals surface area contributed by atoms with Crippen LogP contribution in [0.5, 0.6) is 0 Å². The summed E-state index contributed by atoms with van der Waals surface area (Å²) in [5.41, 5.74) is 6.70. The second-order valence-corrected chi connectivity index (χ2v) is 16.8. The summed E-state index contributed by atoms with van der Waals surface area (Å²) in [6, 6.07) is 10.4. The number of rotatable bonds is 5. The number of nitrogens with zero attached hydrogens (tertiary/aromatic N) is 3. The van der Waals surface area contributed by atoms with E-state index < -0.39 is 21.6 Å². The molecule has 3 aliphatic rings. The van der Waals surface area contributed by atoms with Gasteiger partial charge in [0.15, 0.2) is 0 Å². The third kappa shape index (κ3) is 7.89. The molecule has 1 saturated carbocycles. The Kier molecular flexibility index (Phi) is 9.99. The molecular formula is C35H51N7O3S. The molecule has 6 rings (SSSR count). The van der Waals surface area contributed by atoms with Gasteiger partial charge in [0.2, 0.25) is 10.0 Å². The first-order valence-corrected chi connectivity index (χ1v) is 18.4. The Labute approximate surface area is 274 Å². The maximum Gasteiger partial charge on any atom is 0.216 e. The quantitative estimate of drug-likeness (QED) is 0.300. The molecule has 11 heteroatoms. The number of ether oxygens (including phenoxy) is 1. The van der Waals surface area contributed by atoms with E-state index in [0.29, 0.717) is 32.4 Å². The Hall–Kier alpha value is -2.67. The van der Waals surface area contributed by atoms with Gasteiger partial charge in [-0.2, -0.15) is 9.82 Å². The smallest absolute Gasteiger partial charge is 0.216 e. The van der Waals surface area contributed by atoms with E-state index in [-0.39, 0.29) is 29.6 Å². The Balaban J connectivity index is 1.36. The molecule has 3 fully saturated rings. The number of aromatic nitrogens is 3. The molecule has 4 N–H and O–H groups in total. The highest BCUT2D eigenvalue weighted by atomic mass is 32.2. The van der Waals surface area contributed by atoms with E-state index in [4.69, 9.17) is 9.72 Å². The molecule has 1 aromatic carbocycles. The lowest BCUT2D eigenvalue weighted by atomic mass is 9.85. The normalized spacial score (nSPS) is 29.3. The highest BCUT2D eigenvalue weighted by Crippen LogP contribution is 2.35. The van der Waals surface area contributed by atoms with Gasteiger partial charge in [0.25, 0.3) is 0 Å². The number of fused-ring (bicyclic) bond motifs is 4. The number of H-pyrrole nitrogens is 1. The van der Waals surface area contributed by atoms with Gasteiger partial charge in [-0.1, -0.05) is 51.5 Å². The first-order chi connectivity index (χ1) is 21.9. The molecule has 2 aromatic heterocycles. The van der Waals surface area contributed by atoms with Crippen molar-refractivity contribution in [2.75, 3.05) is 13.2 Å². The third-order valence-corrected chi connectivity index (χ3v) is 11.8. The zero-order valence-electron chi connectivity index (χ0n) is 27.9. The SMILES string of the molecule is Cc1cccc(C)c1C1CC2NC(N1)NS(=O)(=O)C1CCCC(C1)CN(Cc1ncccc1-c1cn[nH]c1)[C@H](CC(C)(C)C)CO2. The molecule has 2 saturated heterocycles. The van der Waals surface area contributed by atoms with Crippen LogP contribution in [0, 0.1) is 25.2 Å². The Bertz CT molecular complexity index is 1550. The van der Waals surface area contributed by atoms with Gasteiger partial charge in [0.05, 0.1) is 23.7 Å². The monoisotopic (exact) mass is 649 g/mol. The summed E-state index contributed by atoms with van der Waals surface area (Å²) < 4.78 is 37.7. The average Bonchev–Trinajstić information content (AvgIpc) is 3.53. The number of pyridine rings is 1. The van der Waals surface area contributed by atoms with Crippen LogP contribution in [0.1, 0.15) is 87.7 Å². The summed E-state index contributed by atoms with van der Waals surface area (Å²) in [6.45, 7) is 13.1. The van der Waals surface area contributed by atoms with Gasteiger partial charge in [0.1, 0.15) is 12.5 Å². The van der Waals surface area contributed by atoms with E-state index in [1.165, 1.54) is 16.7 Å². The summed E-state index contributed by atoms with van der Waals surface area (Å²) in [7, 11) is -3.60. The number of hydrogen-bond donors (Lipinski definition) is 4. The number of hydrogen-bond acceptors (Lipinski definition) is 8. The standard InChI is InChI=1S/C35H51N7O3S/c1-23-9-6-10-24(2)33(23)30-16-32-40-34(39-30)41-46(43,44)28-12-7-11-25(15-28)20-42(27(22-45-32)17-35(3,4)5)21-31-29(13-8-14-36-31)26-18-37-38-19-26/h6,8-10,13-14,18-19,25,27-28,30,32,34,39-41H,7,11-12,15-17,20-22H2,1-5H3,(H,37,38)/t25?,27-,28?,30?,32?,34?/m1/s1. The molecule has 4 heterocycles. The lowest BCUT2D eigenvalue weighted by molar-refractivity contribution is -0.0516. The molecule has 10 nitrogen and oxygen atoms in total. The van der Waals surface area contributed by atoms with Gasteiger partial charge in [-0.05, 0) is 73.6 Å². The molecule has 0 radical (unpaired) electrons. The fourth-order valence-corrected chi connectivity index (χ4v) is 9.48. The van der Waals surface area contributed by atoms with E-state index >= 15 is 0 Å². The van der Waals surface area contributed by atoms with E-state index in [2.05, 4.69) is 89.3 Å². The summed E-state index contributed by atoms with van der Waals surface area (Å²) in [6.07, 6.45) is 9.49. The van der Waals surface area contributed by atoms with Gasteiger partial charge in [0, 0.05) is 55.1 Å². The maximum absolute atomic E-state index is 13.9. The van der Waals surface area contributed by atoms with Crippen LogP contribution in [-0.4, -0.2) is 65.5 Å². The van der Waals surface area contributed by atoms with Gasteiger partial charge in [-0.3, -0.25) is 25.6 Å². The van der Waals surface area contributed by atoms with E-state index in [1.807, 2.05) is 24.7 Å². The maximum atomic E-state index is 13.9. The van der Waals surface area contributed by atoms with Crippen molar-refractivity contribution in [3.8, 4) is 11.1 Å². The van der Waals surface area contributed by atoms with Crippen LogP contribution < -0.4 is 15.4 Å². The Morgan fingerprint density at radius 2 is 1.85 bits per heavy atom. The fraction of sp³-hybridized carbons (Fsp3) is 0.600. The Morgan fingerprint density at radius 1 is 1.04 bits per heavy atom. The number of benzene rings is 1. The molecule has 0 amide bonds. The van der Waals surface area contributed by atoms with Crippen molar-refractivity contribution in [2.24, 2.45) is 11.3 Å². The topological polar surface area (TPSA) is 124 Å². The predicted molar refractivity (Wildman–Crippen MR) is 181 cm³/mol. The summed E-state index contributed by atoms with van der Waals surface area (Å²) in [5, 5.41) is 13.8. The molecule has 1 aliphatic carbocycles. The summed E-state index contributed by atoms with van der Waals surface area (Å²) >= 11 is 0. The second-order valence-electron chi connectivity index (χ2n) is 14.8. The molecular weight excluding hydrogens is 598 g/mol. The lowest BCUT2D eigenvalue weighted by Crippen LogP contribution is -2.64. The lowest BCUT2D eigenvalue weighted by Gasteiger charge is -2.41. The minimum Gasteiger partial charge on any atom is -0.362 e. The fourth-order valence-electron chi connectivity index (χ4n) is 7.82. The van der Waals surface area contributed by atoms with Crippen molar-refractivity contribution in [1.29, 1.82) is 0 Å². The molecule has 2 aliphatic heterocycles. The van der Waals surface area contributed by atoms with Crippen LogP contribution in [0.3, 0.4) is 0 Å². The van der Waals surface area contributed by atoms with E-state index in [0.717, 1.165) is 42.6 Å². The van der Waals surface area contributed by atoms with Crippen LogP contribution in [0.4, 0.5) is 0 Å². The number of nitrogens with one attached hydrogen (secondary N) is 4. The summed E-state index contributed by atoms with van der Waals surface area (Å²) in [5.74, 6) is 0.252. The molecule has 3 aromatic rings. The van der Waals surface area contributed by atoms with Crippen molar-refractivity contribution in [2.45, 2.75) is 110 Å². The largest absolute Gasteiger partial charge is 0.362 e. The van der Waals surface area contributed by atoms with Crippen molar-refractivity contribution < 1.29 is 13.2 Å².